The number of rotatable bonds is 5. The Balaban J connectivity index is 1.99. The van der Waals surface area contributed by atoms with Gasteiger partial charge >= 0.3 is 5.97 Å². The summed E-state index contributed by atoms with van der Waals surface area (Å²) in [5.41, 5.74) is 1.21. The quantitative estimate of drug-likeness (QED) is 0.641. The molecule has 2 aromatic rings. The third-order valence-electron chi connectivity index (χ3n) is 2.90. The third kappa shape index (κ3) is 5.03. The van der Waals surface area contributed by atoms with Crippen LogP contribution in [0.5, 0.6) is 0 Å². The lowest BCUT2D eigenvalue weighted by Gasteiger charge is -2.07. The molecule has 0 saturated heterocycles. The summed E-state index contributed by atoms with van der Waals surface area (Å²) < 4.78 is 5.80. The summed E-state index contributed by atoms with van der Waals surface area (Å²) in [7, 11) is 0. The van der Waals surface area contributed by atoms with Crippen molar-refractivity contribution >= 4 is 39.3 Å². The first kappa shape index (κ1) is 16.9. The highest BCUT2D eigenvalue weighted by molar-refractivity contribution is 9.10. The minimum atomic E-state index is -0.624. The number of carbonyl (C=O) groups is 3. The van der Waals surface area contributed by atoms with Crippen LogP contribution in [0.25, 0.3) is 0 Å². The second kappa shape index (κ2) is 7.69. The Bertz CT molecular complexity index is 758. The van der Waals surface area contributed by atoms with Gasteiger partial charge in [0.2, 0.25) is 5.91 Å². The second-order valence-corrected chi connectivity index (χ2v) is 5.69. The van der Waals surface area contributed by atoms with Crippen LogP contribution in [0.2, 0.25) is 0 Å². The van der Waals surface area contributed by atoms with E-state index in [-0.39, 0.29) is 23.9 Å². The molecule has 5 nitrogen and oxygen atoms in total. The molecular weight excluding hydrogens is 362 g/mol. The maximum absolute atomic E-state index is 12.0. The fourth-order valence-corrected chi connectivity index (χ4v) is 2.29. The molecule has 0 bridgehead atoms. The molecule has 0 fully saturated rings. The summed E-state index contributed by atoms with van der Waals surface area (Å²) in [4.78, 5) is 35.0. The molecule has 0 aliphatic heterocycles. The predicted octanol–water partition coefficient (Wildman–Crippen LogP) is 3.45. The maximum Gasteiger partial charge on any atom is 0.338 e. The number of esters is 1. The van der Waals surface area contributed by atoms with Gasteiger partial charge in [-0.25, -0.2) is 4.79 Å². The van der Waals surface area contributed by atoms with Gasteiger partial charge in [0.1, 0.15) is 0 Å². The first-order valence-electron chi connectivity index (χ1n) is 6.79. The Labute approximate surface area is 141 Å². The van der Waals surface area contributed by atoms with Crippen molar-refractivity contribution in [2.24, 2.45) is 0 Å². The van der Waals surface area contributed by atoms with Gasteiger partial charge < -0.3 is 10.1 Å². The fraction of sp³-hybridized carbons (Fsp3) is 0.118. The normalized spacial score (nSPS) is 10.0. The lowest BCUT2D eigenvalue weighted by atomic mass is 10.1. The highest BCUT2D eigenvalue weighted by Gasteiger charge is 2.12. The van der Waals surface area contributed by atoms with Crippen LogP contribution in [0.3, 0.4) is 0 Å². The van der Waals surface area contributed by atoms with Crippen LogP contribution < -0.4 is 5.32 Å². The van der Waals surface area contributed by atoms with Gasteiger partial charge in [0.25, 0.3) is 0 Å². The molecule has 1 N–H and O–H groups in total. The number of hydrogen-bond donors (Lipinski definition) is 1. The van der Waals surface area contributed by atoms with Gasteiger partial charge in [-0.3, -0.25) is 9.59 Å². The summed E-state index contributed by atoms with van der Waals surface area (Å²) in [6.45, 7) is 1.03. The first-order valence-corrected chi connectivity index (χ1v) is 7.58. The molecule has 0 unspecified atom stereocenters. The Kier molecular flexibility index (Phi) is 5.65. The zero-order valence-corrected chi connectivity index (χ0v) is 13.9. The molecule has 0 aromatic heterocycles. The molecule has 2 aromatic carbocycles. The van der Waals surface area contributed by atoms with Gasteiger partial charge in [0, 0.05) is 22.6 Å². The van der Waals surface area contributed by atoms with Crippen LogP contribution in [0.15, 0.2) is 53.0 Å². The van der Waals surface area contributed by atoms with Gasteiger partial charge in [-0.05, 0) is 30.3 Å². The topological polar surface area (TPSA) is 72.5 Å². The molecule has 0 saturated carbocycles. The van der Waals surface area contributed by atoms with Crippen molar-refractivity contribution in [2.75, 3.05) is 11.9 Å². The van der Waals surface area contributed by atoms with Crippen LogP contribution in [0, 0.1) is 0 Å². The second-order valence-electron chi connectivity index (χ2n) is 4.77. The molecule has 0 atom stereocenters. The Morgan fingerprint density at radius 3 is 2.43 bits per heavy atom. The Morgan fingerprint density at radius 2 is 1.74 bits per heavy atom. The monoisotopic (exact) mass is 375 g/mol. The van der Waals surface area contributed by atoms with E-state index in [1.807, 2.05) is 0 Å². The molecule has 2 rings (SSSR count). The smallest absolute Gasteiger partial charge is 0.338 e. The van der Waals surface area contributed by atoms with E-state index in [1.54, 1.807) is 42.5 Å². The molecule has 1 amide bonds. The van der Waals surface area contributed by atoms with Crippen molar-refractivity contribution in [3.8, 4) is 0 Å². The van der Waals surface area contributed by atoms with E-state index in [4.69, 9.17) is 4.74 Å². The SMILES string of the molecule is CC(=O)Nc1cccc(C(=O)OCC(=O)c2cccc(Br)c2)c1. The number of Topliss-reactive ketones (excluding diaryl/α,β-unsaturated/α-hetero) is 1. The van der Waals surface area contributed by atoms with E-state index in [0.29, 0.717) is 11.3 Å². The van der Waals surface area contributed by atoms with Gasteiger partial charge in [-0.15, -0.1) is 0 Å². The van der Waals surface area contributed by atoms with E-state index in [2.05, 4.69) is 21.2 Å². The van der Waals surface area contributed by atoms with Crippen molar-refractivity contribution in [3.63, 3.8) is 0 Å². The summed E-state index contributed by atoms with van der Waals surface area (Å²) in [6, 6.07) is 13.2. The van der Waals surface area contributed by atoms with Gasteiger partial charge in [0.05, 0.1) is 5.56 Å². The summed E-state index contributed by atoms with van der Waals surface area (Å²) >= 11 is 3.28. The van der Waals surface area contributed by atoms with E-state index < -0.39 is 5.97 Å². The van der Waals surface area contributed by atoms with Crippen LogP contribution in [0.1, 0.15) is 27.6 Å². The number of amides is 1. The molecule has 118 valence electrons. The predicted molar refractivity (Wildman–Crippen MR) is 89.5 cm³/mol. The number of anilines is 1. The van der Waals surface area contributed by atoms with Gasteiger partial charge in [0.15, 0.2) is 12.4 Å². The Morgan fingerprint density at radius 1 is 1.04 bits per heavy atom. The van der Waals surface area contributed by atoms with Crippen molar-refractivity contribution in [2.45, 2.75) is 6.92 Å². The standard InChI is InChI=1S/C17H14BrNO4/c1-11(20)19-15-7-3-5-13(9-15)17(22)23-10-16(21)12-4-2-6-14(18)8-12/h2-9H,10H2,1H3,(H,19,20). The highest BCUT2D eigenvalue weighted by Crippen LogP contribution is 2.14. The average molecular weight is 376 g/mol. The molecule has 0 aliphatic carbocycles. The summed E-state index contributed by atoms with van der Waals surface area (Å²) in [5, 5.41) is 2.58. The molecule has 0 aliphatic rings. The highest BCUT2D eigenvalue weighted by atomic mass is 79.9. The van der Waals surface area contributed by atoms with Crippen molar-refractivity contribution < 1.29 is 19.1 Å². The van der Waals surface area contributed by atoms with E-state index >= 15 is 0 Å². The number of hydrogen-bond acceptors (Lipinski definition) is 4. The third-order valence-corrected chi connectivity index (χ3v) is 3.39. The van der Waals surface area contributed by atoms with Crippen LogP contribution in [0.4, 0.5) is 5.69 Å². The van der Waals surface area contributed by atoms with E-state index in [1.165, 1.54) is 13.0 Å². The molecular formula is C17H14BrNO4. The fourth-order valence-electron chi connectivity index (χ4n) is 1.89. The van der Waals surface area contributed by atoms with E-state index in [9.17, 15) is 14.4 Å². The average Bonchev–Trinajstić information content (AvgIpc) is 2.52. The van der Waals surface area contributed by atoms with Crippen LogP contribution in [-0.2, 0) is 9.53 Å². The zero-order chi connectivity index (χ0) is 16.8. The molecule has 0 heterocycles. The molecule has 0 spiro atoms. The largest absolute Gasteiger partial charge is 0.454 e. The van der Waals surface area contributed by atoms with Crippen molar-refractivity contribution in [1.82, 2.24) is 0 Å². The molecule has 0 radical (unpaired) electrons. The van der Waals surface area contributed by atoms with Gasteiger partial charge in [-0.1, -0.05) is 34.1 Å². The lowest BCUT2D eigenvalue weighted by Crippen LogP contribution is -2.14. The number of benzene rings is 2. The lowest BCUT2D eigenvalue weighted by molar-refractivity contribution is -0.114. The minimum absolute atomic E-state index is 0.236. The summed E-state index contributed by atoms with van der Waals surface area (Å²) in [6.07, 6.45) is 0. The van der Waals surface area contributed by atoms with Crippen molar-refractivity contribution in [3.05, 3.63) is 64.1 Å². The number of halogens is 1. The van der Waals surface area contributed by atoms with E-state index in [0.717, 1.165) is 4.47 Å². The first-order chi connectivity index (χ1) is 11.0. The molecule has 6 heteroatoms. The van der Waals surface area contributed by atoms with Crippen LogP contribution in [-0.4, -0.2) is 24.3 Å². The number of nitrogens with one attached hydrogen (secondary N) is 1. The number of ether oxygens (including phenoxy) is 1. The summed E-state index contributed by atoms with van der Waals surface area (Å²) in [5.74, 6) is -1.15. The van der Waals surface area contributed by atoms with Crippen molar-refractivity contribution in [1.29, 1.82) is 0 Å². The van der Waals surface area contributed by atoms with Gasteiger partial charge in [-0.2, -0.15) is 0 Å². The Hall–Kier alpha value is -2.47. The zero-order valence-electron chi connectivity index (χ0n) is 12.3. The number of carbonyl (C=O) groups excluding carboxylic acids is 3. The number of ketones is 1. The van der Waals surface area contributed by atoms with Crippen LogP contribution >= 0.6 is 15.9 Å². The molecule has 23 heavy (non-hydrogen) atoms. The minimum Gasteiger partial charge on any atom is -0.454 e. The maximum atomic E-state index is 12.0.